The number of hydrogen-bond acceptors (Lipinski definition) is 4. The van der Waals surface area contributed by atoms with E-state index in [9.17, 15) is 13.2 Å². The third-order valence-electron chi connectivity index (χ3n) is 6.32. The van der Waals surface area contributed by atoms with Gasteiger partial charge in [0.05, 0.1) is 5.02 Å². The van der Waals surface area contributed by atoms with Crippen molar-refractivity contribution in [3.05, 3.63) is 93.5 Å². The van der Waals surface area contributed by atoms with Gasteiger partial charge in [-0.25, -0.2) is 8.42 Å². The van der Waals surface area contributed by atoms with Crippen LogP contribution in [0.1, 0.15) is 45.5 Å². The predicted octanol–water partition coefficient (Wildman–Crippen LogP) is 5.28. The molecule has 4 rings (SSSR count). The van der Waals surface area contributed by atoms with Gasteiger partial charge in [-0.2, -0.15) is 0 Å². The maximum atomic E-state index is 13.0. The number of aryl methyl sites for hydroxylation is 2. The van der Waals surface area contributed by atoms with Crippen molar-refractivity contribution in [2.24, 2.45) is 0 Å². The van der Waals surface area contributed by atoms with Crippen LogP contribution >= 0.6 is 11.6 Å². The number of amides is 1. The van der Waals surface area contributed by atoms with Crippen molar-refractivity contribution in [1.82, 2.24) is 10.2 Å². The Balaban J connectivity index is 1.41. The van der Waals surface area contributed by atoms with Gasteiger partial charge in [0.1, 0.15) is 4.90 Å². The van der Waals surface area contributed by atoms with Crippen molar-refractivity contribution < 1.29 is 13.2 Å². The number of rotatable bonds is 8. The topological polar surface area (TPSA) is 78.5 Å². The Morgan fingerprint density at radius 1 is 0.914 bits per heavy atom. The summed E-state index contributed by atoms with van der Waals surface area (Å²) in [6.45, 7) is 7.45. The summed E-state index contributed by atoms with van der Waals surface area (Å²) in [6, 6.07) is 17.8. The van der Waals surface area contributed by atoms with E-state index in [4.69, 9.17) is 11.6 Å². The lowest BCUT2D eigenvalue weighted by atomic mass is 10.1. The summed E-state index contributed by atoms with van der Waals surface area (Å²) in [4.78, 5) is 15.1. The molecule has 3 aromatic rings. The third kappa shape index (κ3) is 6.42. The minimum Gasteiger partial charge on any atom is -0.348 e. The monoisotopic (exact) mass is 511 g/mol. The molecule has 1 aliphatic rings. The van der Waals surface area contributed by atoms with Gasteiger partial charge >= 0.3 is 0 Å². The molecule has 6 nitrogen and oxygen atoms in total. The Bertz CT molecular complexity index is 1320. The fourth-order valence-corrected chi connectivity index (χ4v) is 5.69. The summed E-state index contributed by atoms with van der Waals surface area (Å²) >= 11 is 6.20. The predicted molar refractivity (Wildman–Crippen MR) is 140 cm³/mol. The van der Waals surface area contributed by atoms with Crippen molar-refractivity contribution in [2.45, 2.75) is 44.7 Å². The summed E-state index contributed by atoms with van der Waals surface area (Å²) in [5, 5.41) is 2.91. The van der Waals surface area contributed by atoms with Gasteiger partial charge in [-0.05, 0) is 92.4 Å². The molecule has 2 N–H and O–H groups in total. The van der Waals surface area contributed by atoms with Crippen LogP contribution in [0.25, 0.3) is 0 Å². The minimum absolute atomic E-state index is 0.0477. The molecule has 1 saturated heterocycles. The van der Waals surface area contributed by atoms with Crippen molar-refractivity contribution in [1.29, 1.82) is 0 Å². The standard InChI is InChI=1S/C27H30ClN3O3S/c1-19-5-11-24(15-20(19)2)30-35(33,34)26-16-23(10-12-25(26)28)27(32)29-17-21-6-8-22(9-7-21)18-31-13-3-4-14-31/h5-12,15-16,30H,3-4,13-14,17-18H2,1-2H3,(H,29,32). The second-order valence-corrected chi connectivity index (χ2v) is 11.1. The zero-order chi connectivity index (χ0) is 25.0. The number of nitrogens with one attached hydrogen (secondary N) is 2. The van der Waals surface area contributed by atoms with Gasteiger partial charge in [0, 0.05) is 24.3 Å². The number of carbonyl (C=O) groups is 1. The molecule has 0 aliphatic carbocycles. The molecular weight excluding hydrogens is 482 g/mol. The van der Waals surface area contributed by atoms with Crippen molar-refractivity contribution in [2.75, 3.05) is 17.8 Å². The van der Waals surface area contributed by atoms with Gasteiger partial charge in [-0.15, -0.1) is 0 Å². The largest absolute Gasteiger partial charge is 0.348 e. The van der Waals surface area contributed by atoms with E-state index >= 15 is 0 Å². The quantitative estimate of drug-likeness (QED) is 0.431. The zero-order valence-electron chi connectivity index (χ0n) is 20.0. The lowest BCUT2D eigenvalue weighted by Crippen LogP contribution is -2.23. The van der Waals surface area contributed by atoms with Crippen LogP contribution in [-0.4, -0.2) is 32.3 Å². The summed E-state index contributed by atoms with van der Waals surface area (Å²) in [6.07, 6.45) is 2.53. The molecule has 1 heterocycles. The molecule has 184 valence electrons. The van der Waals surface area contributed by atoms with Crippen LogP contribution < -0.4 is 10.0 Å². The number of hydrogen-bond donors (Lipinski definition) is 2. The third-order valence-corrected chi connectivity index (χ3v) is 8.19. The SMILES string of the molecule is Cc1ccc(NS(=O)(=O)c2cc(C(=O)NCc3ccc(CN4CCCC4)cc3)ccc2Cl)cc1C. The number of likely N-dealkylation sites (tertiary alicyclic amines) is 1. The average Bonchev–Trinajstić information content (AvgIpc) is 3.34. The van der Waals surface area contributed by atoms with Gasteiger partial charge in [0.2, 0.25) is 0 Å². The average molecular weight is 512 g/mol. The van der Waals surface area contributed by atoms with Crippen LogP contribution in [0.5, 0.6) is 0 Å². The molecule has 0 unspecified atom stereocenters. The van der Waals surface area contributed by atoms with E-state index in [2.05, 4.69) is 27.1 Å². The van der Waals surface area contributed by atoms with Crippen LogP contribution in [-0.2, 0) is 23.1 Å². The van der Waals surface area contributed by atoms with Gasteiger partial charge in [-0.1, -0.05) is 41.9 Å². The Labute approximate surface area is 212 Å². The highest BCUT2D eigenvalue weighted by molar-refractivity contribution is 7.92. The van der Waals surface area contributed by atoms with Crippen molar-refractivity contribution in [3.63, 3.8) is 0 Å². The van der Waals surface area contributed by atoms with Gasteiger partial charge < -0.3 is 5.32 Å². The van der Waals surface area contributed by atoms with Gasteiger partial charge in [0.25, 0.3) is 15.9 Å². The van der Waals surface area contributed by atoms with E-state index in [0.29, 0.717) is 12.2 Å². The molecule has 0 radical (unpaired) electrons. The first-order valence-corrected chi connectivity index (χ1v) is 13.6. The van der Waals surface area contributed by atoms with E-state index < -0.39 is 10.0 Å². The lowest BCUT2D eigenvalue weighted by molar-refractivity contribution is 0.0950. The number of carbonyl (C=O) groups excluding carboxylic acids is 1. The number of nitrogens with zero attached hydrogens (tertiary/aromatic N) is 1. The van der Waals surface area contributed by atoms with Crippen LogP contribution in [0.3, 0.4) is 0 Å². The van der Waals surface area contributed by atoms with Crippen molar-refractivity contribution >= 4 is 33.2 Å². The highest BCUT2D eigenvalue weighted by Gasteiger charge is 2.21. The molecule has 3 aromatic carbocycles. The number of halogens is 1. The van der Waals surface area contributed by atoms with Gasteiger partial charge in [-0.3, -0.25) is 14.4 Å². The second-order valence-electron chi connectivity index (χ2n) is 9.03. The highest BCUT2D eigenvalue weighted by atomic mass is 35.5. The summed E-state index contributed by atoms with van der Waals surface area (Å²) in [5.41, 5.74) is 4.92. The Hall–Kier alpha value is -2.87. The molecule has 1 amide bonds. The second kappa shape index (κ2) is 10.8. The molecule has 8 heteroatoms. The molecular formula is C27H30ClN3O3S. The number of sulfonamides is 1. The molecule has 0 spiro atoms. The van der Waals surface area contributed by atoms with Gasteiger partial charge in [0.15, 0.2) is 0 Å². The lowest BCUT2D eigenvalue weighted by Gasteiger charge is -2.15. The minimum atomic E-state index is -3.98. The first kappa shape index (κ1) is 25.2. The maximum Gasteiger partial charge on any atom is 0.263 e. The fraction of sp³-hybridized carbons (Fsp3) is 0.296. The van der Waals surface area contributed by atoms with Crippen LogP contribution in [0, 0.1) is 13.8 Å². The molecule has 0 saturated carbocycles. The Morgan fingerprint density at radius 3 is 2.29 bits per heavy atom. The van der Waals surface area contributed by atoms with Crippen LogP contribution in [0.15, 0.2) is 65.6 Å². The maximum absolute atomic E-state index is 13.0. The normalized spacial score (nSPS) is 14.1. The van der Waals surface area contributed by atoms with E-state index in [1.54, 1.807) is 12.1 Å². The summed E-state index contributed by atoms with van der Waals surface area (Å²) < 4.78 is 28.5. The number of anilines is 1. The van der Waals surface area contributed by atoms with E-state index in [1.807, 2.05) is 32.0 Å². The van der Waals surface area contributed by atoms with E-state index in [-0.39, 0.29) is 21.4 Å². The summed E-state index contributed by atoms with van der Waals surface area (Å²) in [5.74, 6) is -0.370. The van der Waals surface area contributed by atoms with E-state index in [1.165, 1.54) is 36.6 Å². The van der Waals surface area contributed by atoms with Crippen LogP contribution in [0.4, 0.5) is 5.69 Å². The Kier molecular flexibility index (Phi) is 7.79. The smallest absolute Gasteiger partial charge is 0.263 e. The molecule has 0 atom stereocenters. The Morgan fingerprint density at radius 2 is 1.60 bits per heavy atom. The van der Waals surface area contributed by atoms with Crippen molar-refractivity contribution in [3.8, 4) is 0 Å². The molecule has 0 aromatic heterocycles. The first-order valence-electron chi connectivity index (χ1n) is 11.7. The fourth-order valence-electron chi connectivity index (χ4n) is 4.11. The molecule has 1 aliphatic heterocycles. The zero-order valence-corrected chi connectivity index (χ0v) is 21.5. The number of benzene rings is 3. The first-order chi connectivity index (χ1) is 16.7. The molecule has 35 heavy (non-hydrogen) atoms. The summed E-state index contributed by atoms with van der Waals surface area (Å²) in [7, 11) is -3.98. The van der Waals surface area contributed by atoms with Crippen LogP contribution in [0.2, 0.25) is 5.02 Å². The molecule has 0 bridgehead atoms. The van der Waals surface area contributed by atoms with E-state index in [0.717, 1.165) is 36.3 Å². The molecule has 1 fully saturated rings. The highest BCUT2D eigenvalue weighted by Crippen LogP contribution is 2.26.